The lowest BCUT2D eigenvalue weighted by Crippen LogP contribution is -2.32. The van der Waals surface area contributed by atoms with Gasteiger partial charge in [0.2, 0.25) is 21.8 Å². The first-order chi connectivity index (χ1) is 14.5. The molecule has 0 spiro atoms. The number of benzene rings is 1. The van der Waals surface area contributed by atoms with Crippen LogP contribution in [0.4, 0.5) is 0 Å². The van der Waals surface area contributed by atoms with Gasteiger partial charge in [-0.1, -0.05) is 0 Å². The van der Waals surface area contributed by atoms with Crippen molar-refractivity contribution < 1.29 is 22.3 Å². The monoisotopic (exact) mass is 430 g/mol. The van der Waals surface area contributed by atoms with Gasteiger partial charge in [0.15, 0.2) is 0 Å². The van der Waals surface area contributed by atoms with Gasteiger partial charge in [-0.15, -0.1) is 10.2 Å². The fourth-order valence-corrected chi connectivity index (χ4v) is 5.34. The maximum Gasteiger partial charge on any atom is 0.249 e. The Morgan fingerprint density at radius 1 is 1.20 bits per heavy atom. The Morgan fingerprint density at radius 2 is 2.07 bits per heavy atom. The summed E-state index contributed by atoms with van der Waals surface area (Å²) < 4.78 is 44.3. The lowest BCUT2D eigenvalue weighted by atomic mass is 10.2. The number of rotatable bonds is 7. The molecule has 0 aliphatic carbocycles. The van der Waals surface area contributed by atoms with Crippen LogP contribution >= 0.6 is 0 Å². The van der Waals surface area contributed by atoms with E-state index in [0.29, 0.717) is 47.9 Å². The summed E-state index contributed by atoms with van der Waals surface area (Å²) in [5.74, 6) is 1.45. The molecule has 1 fully saturated rings. The molecule has 3 aromatic rings. The molecule has 1 atom stereocenters. The molecule has 3 heterocycles. The van der Waals surface area contributed by atoms with Crippen molar-refractivity contribution in [3.05, 3.63) is 54.2 Å². The van der Waals surface area contributed by atoms with Crippen LogP contribution in [0.5, 0.6) is 11.5 Å². The first kappa shape index (κ1) is 20.3. The summed E-state index contributed by atoms with van der Waals surface area (Å²) in [5.41, 5.74) is 1.22. The second kappa shape index (κ2) is 8.41. The smallest absolute Gasteiger partial charge is 0.249 e. The molecule has 0 saturated carbocycles. The number of hydrogen-bond donors (Lipinski definition) is 0. The van der Waals surface area contributed by atoms with E-state index in [-0.39, 0.29) is 11.6 Å². The molecule has 30 heavy (non-hydrogen) atoms. The number of sulfonamides is 1. The Morgan fingerprint density at radius 3 is 2.80 bits per heavy atom. The molecule has 0 bridgehead atoms. The van der Waals surface area contributed by atoms with E-state index in [9.17, 15) is 8.42 Å². The molecule has 158 valence electrons. The number of nitrogens with zero attached hydrogens (tertiary/aromatic N) is 4. The zero-order valence-corrected chi connectivity index (χ0v) is 17.5. The molecule has 4 rings (SSSR count). The van der Waals surface area contributed by atoms with Crippen molar-refractivity contribution in [3.63, 3.8) is 0 Å². The molecular formula is C20H22N4O5S. The van der Waals surface area contributed by atoms with E-state index >= 15 is 0 Å². The van der Waals surface area contributed by atoms with Crippen LogP contribution in [0.1, 0.15) is 30.3 Å². The lowest BCUT2D eigenvalue weighted by Gasteiger charge is -2.22. The largest absolute Gasteiger partial charge is 0.497 e. The summed E-state index contributed by atoms with van der Waals surface area (Å²) in [6.45, 7) is 0.393. The molecule has 0 N–H and O–H groups in total. The van der Waals surface area contributed by atoms with Gasteiger partial charge in [0.05, 0.1) is 25.5 Å². The second-order valence-corrected chi connectivity index (χ2v) is 8.81. The van der Waals surface area contributed by atoms with Crippen molar-refractivity contribution in [3.8, 4) is 23.0 Å². The minimum absolute atomic E-state index is 0.215. The van der Waals surface area contributed by atoms with Crippen LogP contribution < -0.4 is 9.47 Å². The highest BCUT2D eigenvalue weighted by Crippen LogP contribution is 2.36. The van der Waals surface area contributed by atoms with Gasteiger partial charge < -0.3 is 13.9 Å². The van der Waals surface area contributed by atoms with Crippen molar-refractivity contribution >= 4 is 10.0 Å². The van der Waals surface area contributed by atoms with E-state index in [0.717, 1.165) is 0 Å². The van der Waals surface area contributed by atoms with Gasteiger partial charge in [0, 0.05) is 24.5 Å². The van der Waals surface area contributed by atoms with E-state index in [1.54, 1.807) is 36.7 Å². The van der Waals surface area contributed by atoms with Crippen LogP contribution in [0.25, 0.3) is 11.5 Å². The Bertz CT molecular complexity index is 1120. The molecule has 1 saturated heterocycles. The fraction of sp³-hybridized carbons (Fsp3) is 0.350. The van der Waals surface area contributed by atoms with Gasteiger partial charge in [0.1, 0.15) is 17.5 Å². The average Bonchev–Trinajstić information content (AvgIpc) is 3.44. The summed E-state index contributed by atoms with van der Waals surface area (Å²) in [6, 6.07) is 8.18. The minimum atomic E-state index is -3.67. The summed E-state index contributed by atoms with van der Waals surface area (Å²) >= 11 is 0. The fourth-order valence-electron chi connectivity index (χ4n) is 3.57. The molecule has 9 nitrogen and oxygen atoms in total. The molecule has 0 radical (unpaired) electrons. The van der Waals surface area contributed by atoms with Gasteiger partial charge >= 0.3 is 0 Å². The normalized spacial score (nSPS) is 17.2. The zero-order chi connectivity index (χ0) is 21.1. The number of methoxy groups -OCH3 is 2. The Balaban J connectivity index is 1.60. The van der Waals surface area contributed by atoms with Gasteiger partial charge in [0.25, 0.3) is 0 Å². The first-order valence-corrected chi connectivity index (χ1v) is 11.1. The van der Waals surface area contributed by atoms with E-state index < -0.39 is 16.1 Å². The van der Waals surface area contributed by atoms with Gasteiger partial charge in [-0.05, 0) is 43.2 Å². The predicted octanol–water partition coefficient (Wildman–Crippen LogP) is 2.82. The molecule has 1 aromatic carbocycles. The number of hydrogen-bond acceptors (Lipinski definition) is 8. The quantitative estimate of drug-likeness (QED) is 0.563. The van der Waals surface area contributed by atoms with Crippen molar-refractivity contribution in [1.29, 1.82) is 0 Å². The van der Waals surface area contributed by atoms with Crippen LogP contribution in [0.15, 0.2) is 47.1 Å². The lowest BCUT2D eigenvalue weighted by molar-refractivity contribution is 0.331. The highest BCUT2D eigenvalue weighted by atomic mass is 32.2. The third-order valence-electron chi connectivity index (χ3n) is 5.02. The highest BCUT2D eigenvalue weighted by Gasteiger charge is 2.38. The minimum Gasteiger partial charge on any atom is -0.497 e. The third kappa shape index (κ3) is 4.01. The average molecular weight is 430 g/mol. The molecular weight excluding hydrogens is 408 g/mol. The second-order valence-electron chi connectivity index (χ2n) is 6.89. The molecule has 1 aliphatic heterocycles. The first-order valence-electron chi connectivity index (χ1n) is 9.46. The van der Waals surface area contributed by atoms with Crippen LogP contribution in [-0.2, 0) is 15.8 Å². The van der Waals surface area contributed by atoms with Crippen LogP contribution in [0.3, 0.4) is 0 Å². The number of pyridine rings is 1. The van der Waals surface area contributed by atoms with Crippen LogP contribution in [0.2, 0.25) is 0 Å². The van der Waals surface area contributed by atoms with E-state index in [1.165, 1.54) is 18.5 Å². The van der Waals surface area contributed by atoms with E-state index in [4.69, 9.17) is 13.9 Å². The van der Waals surface area contributed by atoms with E-state index in [2.05, 4.69) is 15.2 Å². The summed E-state index contributed by atoms with van der Waals surface area (Å²) in [7, 11) is -0.623. The van der Waals surface area contributed by atoms with Gasteiger partial charge in [-0.2, -0.15) is 4.31 Å². The summed E-state index contributed by atoms with van der Waals surface area (Å²) in [6.07, 6.45) is 4.60. The van der Waals surface area contributed by atoms with Gasteiger partial charge in [-0.25, -0.2) is 8.42 Å². The van der Waals surface area contributed by atoms with Crippen LogP contribution in [0, 0.1) is 0 Å². The van der Waals surface area contributed by atoms with E-state index in [1.807, 2.05) is 6.07 Å². The Hall–Kier alpha value is -2.98. The number of ether oxygens (including phenoxy) is 2. The summed E-state index contributed by atoms with van der Waals surface area (Å²) in [4.78, 5) is 4.04. The van der Waals surface area contributed by atoms with Crippen molar-refractivity contribution in [1.82, 2.24) is 19.5 Å². The maximum atomic E-state index is 13.3. The topological polar surface area (TPSA) is 108 Å². The molecule has 1 unspecified atom stereocenters. The molecule has 2 aromatic heterocycles. The predicted molar refractivity (Wildman–Crippen MR) is 108 cm³/mol. The van der Waals surface area contributed by atoms with Gasteiger partial charge in [-0.3, -0.25) is 4.98 Å². The maximum absolute atomic E-state index is 13.3. The Kier molecular flexibility index (Phi) is 5.69. The summed E-state index contributed by atoms with van der Waals surface area (Å²) in [5, 5.41) is 8.18. The highest BCUT2D eigenvalue weighted by molar-refractivity contribution is 7.88. The number of aromatic nitrogens is 3. The third-order valence-corrected chi connectivity index (χ3v) is 6.85. The molecule has 0 amide bonds. The van der Waals surface area contributed by atoms with Crippen LogP contribution in [-0.4, -0.2) is 48.7 Å². The van der Waals surface area contributed by atoms with Crippen molar-refractivity contribution in [2.45, 2.75) is 24.6 Å². The standard InChI is InChI=1S/C20H22N4O5S/c1-27-16-7-8-18(28-2)15(11-16)13-30(25,26)24-10-4-6-17(24)20-23-22-19(29-20)14-5-3-9-21-12-14/h3,5,7-9,11-12,17H,4,6,10,13H2,1-2H3. The zero-order valence-electron chi connectivity index (χ0n) is 16.7. The van der Waals surface area contributed by atoms with Crippen molar-refractivity contribution in [2.24, 2.45) is 0 Å². The van der Waals surface area contributed by atoms with Crippen molar-refractivity contribution in [2.75, 3.05) is 20.8 Å². The molecule has 10 heteroatoms. The SMILES string of the molecule is COc1ccc(OC)c(CS(=O)(=O)N2CCCC2c2nnc(-c3cccnc3)o2)c1. The Labute approximate surface area is 174 Å². The molecule has 1 aliphatic rings.